The van der Waals surface area contributed by atoms with Gasteiger partial charge >= 0.3 is 6.18 Å². The summed E-state index contributed by atoms with van der Waals surface area (Å²) >= 11 is 1.69. The number of hydrogen-bond acceptors (Lipinski definition) is 4. The van der Waals surface area contributed by atoms with Crippen LogP contribution in [0.15, 0.2) is 70.9 Å². The number of benzene rings is 2. The standard InChI is InChI=1S/C23H22F3NO2S2/c24-23(25,26)20-3-1-4-21(13-20)31(28,29)16-18-10-11-27(15-18)14-17-6-8-19(9-7-17)22-5-2-12-30-22/h1-9,12-13,18H,10-11,14-16H2/t18-/m1/s1. The molecule has 3 aromatic rings. The van der Waals surface area contributed by atoms with E-state index >= 15 is 0 Å². The van der Waals surface area contributed by atoms with E-state index in [2.05, 4.69) is 35.2 Å². The fourth-order valence-electron chi connectivity index (χ4n) is 3.94. The van der Waals surface area contributed by atoms with Crippen molar-refractivity contribution in [3.8, 4) is 10.4 Å². The van der Waals surface area contributed by atoms with E-state index in [1.54, 1.807) is 11.3 Å². The first-order chi connectivity index (χ1) is 14.7. The minimum atomic E-state index is -4.56. The van der Waals surface area contributed by atoms with Crippen LogP contribution in [0.2, 0.25) is 0 Å². The van der Waals surface area contributed by atoms with E-state index in [0.717, 1.165) is 36.9 Å². The smallest absolute Gasteiger partial charge is 0.299 e. The molecule has 1 atom stereocenters. The Hall–Kier alpha value is -2.16. The lowest BCUT2D eigenvalue weighted by Crippen LogP contribution is -2.23. The molecule has 1 aromatic heterocycles. The van der Waals surface area contributed by atoms with E-state index < -0.39 is 21.6 Å². The van der Waals surface area contributed by atoms with E-state index in [0.29, 0.717) is 13.0 Å². The molecule has 1 fully saturated rings. The summed E-state index contributed by atoms with van der Waals surface area (Å²) in [7, 11) is -3.78. The van der Waals surface area contributed by atoms with Gasteiger partial charge in [0.05, 0.1) is 16.2 Å². The van der Waals surface area contributed by atoms with Gasteiger partial charge in [-0.2, -0.15) is 13.2 Å². The maximum absolute atomic E-state index is 12.9. The highest BCUT2D eigenvalue weighted by molar-refractivity contribution is 7.91. The number of halogens is 3. The molecule has 0 radical (unpaired) electrons. The molecular formula is C23H22F3NO2S2. The second-order valence-electron chi connectivity index (χ2n) is 7.87. The predicted molar refractivity (Wildman–Crippen MR) is 117 cm³/mol. The molecular weight excluding hydrogens is 443 g/mol. The van der Waals surface area contributed by atoms with E-state index in [9.17, 15) is 21.6 Å². The van der Waals surface area contributed by atoms with Crippen LogP contribution in [-0.4, -0.2) is 32.2 Å². The number of hydrogen-bond donors (Lipinski definition) is 0. The number of alkyl halides is 3. The Morgan fingerprint density at radius 1 is 1.03 bits per heavy atom. The molecule has 3 nitrogen and oxygen atoms in total. The summed E-state index contributed by atoms with van der Waals surface area (Å²) in [6, 6.07) is 16.5. The van der Waals surface area contributed by atoms with Crippen molar-refractivity contribution < 1.29 is 21.6 Å². The zero-order chi connectivity index (χ0) is 22.1. The fraction of sp³-hybridized carbons (Fsp3) is 0.304. The summed E-state index contributed by atoms with van der Waals surface area (Å²) in [6.07, 6.45) is -3.85. The Labute approximate surface area is 184 Å². The third kappa shape index (κ3) is 5.37. The first kappa shape index (κ1) is 22.0. The van der Waals surface area contributed by atoms with E-state index in [1.807, 2.05) is 11.4 Å². The zero-order valence-corrected chi connectivity index (χ0v) is 18.3. The molecule has 0 N–H and O–H groups in total. The van der Waals surface area contributed by atoms with Gasteiger partial charge in [-0.1, -0.05) is 36.4 Å². The predicted octanol–water partition coefficient (Wildman–Crippen LogP) is 5.73. The Bertz CT molecular complexity index is 1120. The highest BCUT2D eigenvalue weighted by Crippen LogP contribution is 2.32. The molecule has 2 heterocycles. The molecule has 0 unspecified atom stereocenters. The summed E-state index contributed by atoms with van der Waals surface area (Å²) in [5.41, 5.74) is 1.39. The number of sulfone groups is 1. The molecule has 31 heavy (non-hydrogen) atoms. The van der Waals surface area contributed by atoms with Crippen molar-refractivity contribution >= 4 is 21.2 Å². The zero-order valence-electron chi connectivity index (χ0n) is 16.7. The fourth-order valence-corrected chi connectivity index (χ4v) is 6.35. The third-order valence-electron chi connectivity index (χ3n) is 5.51. The number of nitrogens with zero attached hydrogens (tertiary/aromatic N) is 1. The summed E-state index contributed by atoms with van der Waals surface area (Å²) in [5.74, 6) is -0.229. The molecule has 8 heteroatoms. The highest BCUT2D eigenvalue weighted by Gasteiger charge is 2.33. The summed E-state index contributed by atoms with van der Waals surface area (Å²) in [4.78, 5) is 3.16. The Morgan fingerprint density at radius 2 is 1.81 bits per heavy atom. The molecule has 1 saturated heterocycles. The van der Waals surface area contributed by atoms with Gasteiger partial charge < -0.3 is 0 Å². The van der Waals surface area contributed by atoms with Gasteiger partial charge in [0.1, 0.15) is 0 Å². The normalized spacial score (nSPS) is 17.8. The lowest BCUT2D eigenvalue weighted by Gasteiger charge is -2.17. The Balaban J connectivity index is 1.37. The number of rotatable bonds is 6. The maximum atomic E-state index is 12.9. The maximum Gasteiger partial charge on any atom is 0.416 e. The van der Waals surface area contributed by atoms with Crippen LogP contribution < -0.4 is 0 Å². The first-order valence-electron chi connectivity index (χ1n) is 9.96. The van der Waals surface area contributed by atoms with Crippen LogP contribution in [0.5, 0.6) is 0 Å². The quantitative estimate of drug-likeness (QED) is 0.467. The lowest BCUT2D eigenvalue weighted by atomic mass is 10.1. The van der Waals surface area contributed by atoms with Gasteiger partial charge in [-0.05, 0) is 59.7 Å². The Kier molecular flexibility index (Phi) is 6.23. The van der Waals surface area contributed by atoms with Gasteiger partial charge in [-0.25, -0.2) is 8.42 Å². The number of likely N-dealkylation sites (tertiary alicyclic amines) is 1. The van der Waals surface area contributed by atoms with E-state index in [4.69, 9.17) is 0 Å². The summed E-state index contributed by atoms with van der Waals surface area (Å²) < 4.78 is 64.2. The average Bonchev–Trinajstić information content (AvgIpc) is 3.40. The van der Waals surface area contributed by atoms with Crippen molar-refractivity contribution in [2.45, 2.75) is 24.0 Å². The highest BCUT2D eigenvalue weighted by atomic mass is 32.2. The van der Waals surface area contributed by atoms with Crippen LogP contribution in [0, 0.1) is 5.92 Å². The SMILES string of the molecule is O=S(=O)(C[C@@H]1CCN(Cc2ccc(-c3cccs3)cc2)C1)c1cccc(C(F)(F)F)c1. The Morgan fingerprint density at radius 3 is 2.48 bits per heavy atom. The summed E-state index contributed by atoms with van der Waals surface area (Å²) in [6.45, 7) is 2.12. The van der Waals surface area contributed by atoms with Crippen molar-refractivity contribution in [3.05, 3.63) is 77.2 Å². The van der Waals surface area contributed by atoms with Gasteiger partial charge in [-0.3, -0.25) is 4.90 Å². The van der Waals surface area contributed by atoms with Crippen molar-refractivity contribution in [1.82, 2.24) is 4.90 Å². The molecule has 2 aromatic carbocycles. The largest absolute Gasteiger partial charge is 0.416 e. The van der Waals surface area contributed by atoms with Crippen LogP contribution in [-0.2, 0) is 22.6 Å². The molecule has 4 rings (SSSR count). The number of thiophene rings is 1. The average molecular weight is 466 g/mol. The van der Waals surface area contributed by atoms with Gasteiger partial charge in [0, 0.05) is 18.0 Å². The second kappa shape index (κ2) is 8.76. The molecule has 0 aliphatic carbocycles. The molecule has 0 bridgehead atoms. The lowest BCUT2D eigenvalue weighted by molar-refractivity contribution is -0.137. The molecule has 1 aliphatic rings. The van der Waals surface area contributed by atoms with E-state index in [-0.39, 0.29) is 16.6 Å². The summed E-state index contributed by atoms with van der Waals surface area (Å²) in [5, 5.41) is 2.04. The minimum Gasteiger partial charge on any atom is -0.299 e. The molecule has 0 saturated carbocycles. The molecule has 0 amide bonds. The van der Waals surface area contributed by atoms with Gasteiger partial charge in [0.15, 0.2) is 9.84 Å². The van der Waals surface area contributed by atoms with Crippen molar-refractivity contribution in [3.63, 3.8) is 0 Å². The van der Waals surface area contributed by atoms with Crippen LogP contribution in [0.4, 0.5) is 13.2 Å². The molecule has 0 spiro atoms. The topological polar surface area (TPSA) is 37.4 Å². The van der Waals surface area contributed by atoms with Gasteiger partial charge in [0.25, 0.3) is 0 Å². The van der Waals surface area contributed by atoms with Gasteiger partial charge in [-0.15, -0.1) is 11.3 Å². The van der Waals surface area contributed by atoms with Crippen LogP contribution in [0.1, 0.15) is 17.5 Å². The van der Waals surface area contributed by atoms with Crippen LogP contribution in [0.3, 0.4) is 0 Å². The van der Waals surface area contributed by atoms with Gasteiger partial charge in [0.2, 0.25) is 0 Å². The minimum absolute atomic E-state index is 0.0927. The first-order valence-corrected chi connectivity index (χ1v) is 12.5. The monoisotopic (exact) mass is 465 g/mol. The molecule has 164 valence electrons. The van der Waals surface area contributed by atoms with Crippen molar-refractivity contribution in [1.29, 1.82) is 0 Å². The van der Waals surface area contributed by atoms with Crippen LogP contribution >= 0.6 is 11.3 Å². The molecule has 1 aliphatic heterocycles. The second-order valence-corrected chi connectivity index (χ2v) is 10.9. The third-order valence-corrected chi connectivity index (χ3v) is 8.31. The van der Waals surface area contributed by atoms with E-state index in [1.165, 1.54) is 16.5 Å². The van der Waals surface area contributed by atoms with Crippen molar-refractivity contribution in [2.24, 2.45) is 5.92 Å². The van der Waals surface area contributed by atoms with Crippen LogP contribution in [0.25, 0.3) is 10.4 Å². The van der Waals surface area contributed by atoms with Crippen molar-refractivity contribution in [2.75, 3.05) is 18.8 Å².